The molecule has 0 aliphatic carbocycles. The van der Waals surface area contributed by atoms with Gasteiger partial charge in [-0.2, -0.15) is 0 Å². The molecule has 2 unspecified atom stereocenters. The van der Waals surface area contributed by atoms with Crippen LogP contribution in [0, 0.1) is 11.6 Å². The van der Waals surface area contributed by atoms with Crippen LogP contribution in [-0.4, -0.2) is 6.61 Å². The lowest BCUT2D eigenvalue weighted by Crippen LogP contribution is -2.22. The largest absolute Gasteiger partial charge is 0.494 e. The molecule has 2 aromatic rings. The number of rotatable bonds is 6. The Bertz CT molecular complexity index is 630. The van der Waals surface area contributed by atoms with Crippen LogP contribution in [0.25, 0.3) is 0 Å². The van der Waals surface area contributed by atoms with Crippen molar-refractivity contribution in [1.29, 1.82) is 0 Å². The molecular weight excluding hydrogens is 284 g/mol. The summed E-state index contributed by atoms with van der Waals surface area (Å²) in [6.45, 7) is 6.52. The van der Waals surface area contributed by atoms with E-state index in [2.05, 4.69) is 5.32 Å². The van der Waals surface area contributed by atoms with Gasteiger partial charge in [0.25, 0.3) is 0 Å². The summed E-state index contributed by atoms with van der Waals surface area (Å²) >= 11 is 0. The maximum Gasteiger partial charge on any atom is 0.159 e. The van der Waals surface area contributed by atoms with Gasteiger partial charge in [0.15, 0.2) is 11.6 Å². The van der Waals surface area contributed by atoms with Crippen molar-refractivity contribution in [3.63, 3.8) is 0 Å². The lowest BCUT2D eigenvalue weighted by atomic mass is 10.0. The Hall–Kier alpha value is -1.94. The minimum atomic E-state index is -0.826. The van der Waals surface area contributed by atoms with Crippen LogP contribution in [0.4, 0.5) is 8.78 Å². The van der Waals surface area contributed by atoms with Crippen LogP contribution >= 0.6 is 0 Å². The molecule has 0 bridgehead atoms. The molecule has 118 valence electrons. The highest BCUT2D eigenvalue weighted by molar-refractivity contribution is 5.31. The monoisotopic (exact) mass is 305 g/mol. The van der Waals surface area contributed by atoms with Crippen molar-refractivity contribution in [3.8, 4) is 5.75 Å². The summed E-state index contributed by atoms with van der Waals surface area (Å²) in [5.74, 6) is -0.820. The minimum absolute atomic E-state index is 0.0588. The van der Waals surface area contributed by atoms with Crippen molar-refractivity contribution in [2.45, 2.75) is 32.9 Å². The molecule has 2 aromatic carbocycles. The molecule has 0 aliphatic heterocycles. The number of hydrogen-bond donors (Lipinski definition) is 1. The van der Waals surface area contributed by atoms with Crippen LogP contribution in [0.3, 0.4) is 0 Å². The first kappa shape index (κ1) is 16.4. The Morgan fingerprint density at radius 1 is 0.955 bits per heavy atom. The van der Waals surface area contributed by atoms with E-state index in [4.69, 9.17) is 4.74 Å². The molecule has 0 radical (unpaired) electrons. The Morgan fingerprint density at radius 3 is 2.27 bits per heavy atom. The Balaban J connectivity index is 2.08. The lowest BCUT2D eigenvalue weighted by Gasteiger charge is -2.21. The molecule has 0 saturated heterocycles. The average molecular weight is 305 g/mol. The highest BCUT2D eigenvalue weighted by Gasteiger charge is 2.13. The predicted octanol–water partition coefficient (Wildman–Crippen LogP) is 4.78. The summed E-state index contributed by atoms with van der Waals surface area (Å²) in [5, 5.41) is 3.38. The predicted molar refractivity (Wildman–Crippen MR) is 83.9 cm³/mol. The molecule has 1 N–H and O–H groups in total. The fourth-order valence-electron chi connectivity index (χ4n) is 2.39. The quantitative estimate of drug-likeness (QED) is 0.829. The van der Waals surface area contributed by atoms with Crippen molar-refractivity contribution in [1.82, 2.24) is 5.32 Å². The van der Waals surface area contributed by atoms with E-state index in [0.717, 1.165) is 17.4 Å². The smallest absolute Gasteiger partial charge is 0.159 e. The number of benzene rings is 2. The maximum atomic E-state index is 13.3. The lowest BCUT2D eigenvalue weighted by molar-refractivity contribution is 0.339. The number of nitrogens with one attached hydrogen (secondary N) is 1. The van der Waals surface area contributed by atoms with Crippen LogP contribution in [0.1, 0.15) is 44.0 Å². The molecule has 0 aromatic heterocycles. The number of hydrogen-bond acceptors (Lipinski definition) is 2. The van der Waals surface area contributed by atoms with Crippen molar-refractivity contribution >= 4 is 0 Å². The summed E-state index contributed by atoms with van der Waals surface area (Å²) in [7, 11) is 0. The summed E-state index contributed by atoms with van der Waals surface area (Å²) in [6.07, 6.45) is 0. The van der Waals surface area contributed by atoms with Gasteiger partial charge in [0.1, 0.15) is 5.75 Å². The summed E-state index contributed by atoms with van der Waals surface area (Å²) in [5.41, 5.74) is 1.80. The van der Waals surface area contributed by atoms with Gasteiger partial charge in [-0.15, -0.1) is 0 Å². The van der Waals surface area contributed by atoms with Gasteiger partial charge < -0.3 is 10.1 Å². The molecule has 0 aliphatic rings. The molecule has 22 heavy (non-hydrogen) atoms. The van der Waals surface area contributed by atoms with Crippen LogP contribution in [0.15, 0.2) is 42.5 Å². The molecule has 4 heteroatoms. The number of halogens is 2. The zero-order chi connectivity index (χ0) is 16.1. The Morgan fingerprint density at radius 2 is 1.64 bits per heavy atom. The molecule has 0 spiro atoms. The Labute approximate surface area is 130 Å². The van der Waals surface area contributed by atoms with Crippen molar-refractivity contribution < 1.29 is 13.5 Å². The molecule has 0 amide bonds. The first-order valence-electron chi connectivity index (χ1n) is 7.45. The topological polar surface area (TPSA) is 21.3 Å². The first-order valence-corrected chi connectivity index (χ1v) is 7.45. The average Bonchev–Trinajstić information content (AvgIpc) is 2.50. The molecule has 0 saturated carbocycles. The molecule has 2 atom stereocenters. The van der Waals surface area contributed by atoms with Gasteiger partial charge in [0.2, 0.25) is 0 Å². The molecule has 0 heterocycles. The van der Waals surface area contributed by atoms with Gasteiger partial charge in [0, 0.05) is 12.1 Å². The van der Waals surface area contributed by atoms with Crippen LogP contribution in [0.2, 0.25) is 0 Å². The second kappa shape index (κ2) is 7.36. The van der Waals surface area contributed by atoms with E-state index in [1.165, 1.54) is 6.07 Å². The molecular formula is C18H21F2NO. The van der Waals surface area contributed by atoms with Crippen LogP contribution in [0.5, 0.6) is 5.75 Å². The number of ether oxygens (including phenoxy) is 1. The summed E-state index contributed by atoms with van der Waals surface area (Å²) < 4.78 is 31.8. The third kappa shape index (κ3) is 4.04. The second-order valence-corrected chi connectivity index (χ2v) is 5.29. The highest BCUT2D eigenvalue weighted by atomic mass is 19.2. The van der Waals surface area contributed by atoms with Gasteiger partial charge in [-0.1, -0.05) is 18.2 Å². The first-order chi connectivity index (χ1) is 10.5. The highest BCUT2D eigenvalue weighted by Crippen LogP contribution is 2.23. The normalized spacial score (nSPS) is 13.7. The van der Waals surface area contributed by atoms with E-state index in [-0.39, 0.29) is 12.1 Å². The van der Waals surface area contributed by atoms with E-state index >= 15 is 0 Å². The zero-order valence-corrected chi connectivity index (χ0v) is 13.1. The fourth-order valence-corrected chi connectivity index (χ4v) is 2.39. The van der Waals surface area contributed by atoms with E-state index in [0.29, 0.717) is 12.2 Å². The molecule has 0 fully saturated rings. The van der Waals surface area contributed by atoms with Gasteiger partial charge >= 0.3 is 0 Å². The van der Waals surface area contributed by atoms with Crippen LogP contribution in [-0.2, 0) is 0 Å². The third-order valence-corrected chi connectivity index (χ3v) is 3.61. The van der Waals surface area contributed by atoms with Crippen molar-refractivity contribution in [2.24, 2.45) is 0 Å². The van der Waals surface area contributed by atoms with Gasteiger partial charge in [0.05, 0.1) is 6.61 Å². The van der Waals surface area contributed by atoms with Gasteiger partial charge in [-0.3, -0.25) is 0 Å². The molecule has 2 rings (SSSR count). The SMILES string of the molecule is CCOc1cccc(C(C)NC(C)c2ccc(F)c(F)c2)c1. The molecule has 2 nitrogen and oxygen atoms in total. The second-order valence-electron chi connectivity index (χ2n) is 5.29. The van der Waals surface area contributed by atoms with Crippen LogP contribution < -0.4 is 10.1 Å². The fraction of sp³-hybridized carbons (Fsp3) is 0.333. The Kier molecular flexibility index (Phi) is 5.50. The van der Waals surface area contributed by atoms with Crippen molar-refractivity contribution in [2.75, 3.05) is 6.61 Å². The summed E-state index contributed by atoms with van der Waals surface area (Å²) in [6, 6.07) is 11.8. The van der Waals surface area contributed by atoms with E-state index < -0.39 is 11.6 Å². The zero-order valence-electron chi connectivity index (χ0n) is 13.1. The van der Waals surface area contributed by atoms with E-state index in [1.54, 1.807) is 6.07 Å². The van der Waals surface area contributed by atoms with Crippen molar-refractivity contribution in [3.05, 3.63) is 65.2 Å². The minimum Gasteiger partial charge on any atom is -0.494 e. The van der Waals surface area contributed by atoms with E-state index in [1.807, 2.05) is 45.0 Å². The van der Waals surface area contributed by atoms with Gasteiger partial charge in [-0.25, -0.2) is 8.78 Å². The summed E-state index contributed by atoms with van der Waals surface area (Å²) in [4.78, 5) is 0. The maximum absolute atomic E-state index is 13.3. The standard InChI is InChI=1S/C18H21F2NO/c1-4-22-16-7-5-6-14(10-16)12(2)21-13(3)15-8-9-17(19)18(20)11-15/h5-13,21H,4H2,1-3H3. The van der Waals surface area contributed by atoms with Gasteiger partial charge in [-0.05, 0) is 56.2 Å². The van der Waals surface area contributed by atoms with E-state index in [9.17, 15) is 8.78 Å². The third-order valence-electron chi connectivity index (χ3n) is 3.61.